The van der Waals surface area contributed by atoms with E-state index in [4.69, 9.17) is 47.0 Å². The standard InChI is InChI=1S/C19H13Cl3N2O2S2/c20-12-8-13(21)10-14(9-12)23-17(25)5-6-24-18(26)16(28-19(24)27)7-11-3-1-2-4-15(11)22/h1-4,7-10H,5-6H2,(H,23,25). The molecule has 0 radical (unpaired) electrons. The maximum Gasteiger partial charge on any atom is 0.266 e. The van der Waals surface area contributed by atoms with Gasteiger partial charge in [0.15, 0.2) is 0 Å². The second-order valence-corrected chi connectivity index (χ2v) is 8.77. The molecule has 1 aliphatic rings. The third kappa shape index (κ3) is 5.27. The number of benzene rings is 2. The summed E-state index contributed by atoms with van der Waals surface area (Å²) in [5, 5.41) is 4.10. The lowest BCUT2D eigenvalue weighted by Gasteiger charge is -2.14. The average molecular weight is 472 g/mol. The van der Waals surface area contributed by atoms with Crippen molar-refractivity contribution >= 4 is 86.7 Å². The van der Waals surface area contributed by atoms with Gasteiger partial charge < -0.3 is 5.32 Å². The van der Waals surface area contributed by atoms with Crippen molar-refractivity contribution in [3.63, 3.8) is 0 Å². The highest BCUT2D eigenvalue weighted by atomic mass is 35.5. The molecule has 1 fully saturated rings. The van der Waals surface area contributed by atoms with Crippen LogP contribution in [0.15, 0.2) is 47.4 Å². The van der Waals surface area contributed by atoms with Crippen molar-refractivity contribution in [2.45, 2.75) is 6.42 Å². The minimum atomic E-state index is -0.275. The van der Waals surface area contributed by atoms with Gasteiger partial charge >= 0.3 is 0 Å². The summed E-state index contributed by atoms with van der Waals surface area (Å²) in [6.45, 7) is 0.171. The molecule has 9 heteroatoms. The summed E-state index contributed by atoms with van der Waals surface area (Å²) in [6.07, 6.45) is 1.78. The number of rotatable bonds is 5. The van der Waals surface area contributed by atoms with Gasteiger partial charge in [0.1, 0.15) is 4.32 Å². The van der Waals surface area contributed by atoms with Crippen LogP contribution in [0.2, 0.25) is 15.1 Å². The number of halogens is 3. The second kappa shape index (κ2) is 9.29. The molecule has 0 spiro atoms. The van der Waals surface area contributed by atoms with Crippen LogP contribution in [-0.4, -0.2) is 27.6 Å². The summed E-state index contributed by atoms with van der Waals surface area (Å²) in [5.41, 5.74) is 1.23. The quantitative estimate of drug-likeness (QED) is 0.437. The van der Waals surface area contributed by atoms with E-state index in [2.05, 4.69) is 5.32 Å². The summed E-state index contributed by atoms with van der Waals surface area (Å²) in [6, 6.07) is 12.0. The monoisotopic (exact) mass is 470 g/mol. The predicted octanol–water partition coefficient (Wildman–Crippen LogP) is 5.88. The maximum atomic E-state index is 12.6. The lowest BCUT2D eigenvalue weighted by atomic mass is 10.2. The van der Waals surface area contributed by atoms with E-state index in [1.165, 1.54) is 16.7 Å². The van der Waals surface area contributed by atoms with Crippen molar-refractivity contribution in [2.24, 2.45) is 0 Å². The van der Waals surface area contributed by atoms with Crippen LogP contribution >= 0.6 is 58.8 Å². The van der Waals surface area contributed by atoms with Crippen molar-refractivity contribution in [3.05, 3.63) is 68.0 Å². The lowest BCUT2D eigenvalue weighted by molar-refractivity contribution is -0.122. The van der Waals surface area contributed by atoms with Gasteiger partial charge in [0, 0.05) is 33.7 Å². The van der Waals surface area contributed by atoms with Crippen molar-refractivity contribution < 1.29 is 9.59 Å². The number of anilines is 1. The minimum Gasteiger partial charge on any atom is -0.326 e. The Balaban J connectivity index is 1.63. The molecule has 1 aliphatic heterocycles. The van der Waals surface area contributed by atoms with E-state index < -0.39 is 0 Å². The smallest absolute Gasteiger partial charge is 0.266 e. The molecule has 2 aromatic carbocycles. The van der Waals surface area contributed by atoms with Crippen LogP contribution in [0.1, 0.15) is 12.0 Å². The van der Waals surface area contributed by atoms with E-state index in [0.29, 0.717) is 30.0 Å². The fraction of sp³-hybridized carbons (Fsp3) is 0.105. The van der Waals surface area contributed by atoms with Crippen LogP contribution in [0.5, 0.6) is 0 Å². The number of amides is 2. The molecule has 0 atom stereocenters. The minimum absolute atomic E-state index is 0.0793. The zero-order chi connectivity index (χ0) is 20.3. The van der Waals surface area contributed by atoms with E-state index in [1.807, 2.05) is 18.2 Å². The van der Waals surface area contributed by atoms with E-state index >= 15 is 0 Å². The molecule has 0 unspecified atom stereocenters. The number of carbonyl (C=O) groups is 2. The highest BCUT2D eigenvalue weighted by Crippen LogP contribution is 2.33. The number of hydrogen-bond donors (Lipinski definition) is 1. The van der Waals surface area contributed by atoms with Crippen LogP contribution in [0.4, 0.5) is 5.69 Å². The van der Waals surface area contributed by atoms with E-state index in [1.54, 1.807) is 30.3 Å². The van der Waals surface area contributed by atoms with Gasteiger partial charge in [0.2, 0.25) is 5.91 Å². The van der Waals surface area contributed by atoms with Gasteiger partial charge in [0.25, 0.3) is 5.91 Å². The zero-order valence-corrected chi connectivity index (χ0v) is 18.1. The Hall–Kier alpha value is -1.57. The number of nitrogens with one attached hydrogen (secondary N) is 1. The number of nitrogens with zero attached hydrogens (tertiary/aromatic N) is 1. The summed E-state index contributed by atoms with van der Waals surface area (Å²) < 4.78 is 0.405. The number of thiocarbonyl (C=S) groups is 1. The molecule has 0 aromatic heterocycles. The first-order valence-corrected chi connectivity index (χ1v) is 10.4. The molecule has 2 amide bonds. The molecule has 28 heavy (non-hydrogen) atoms. The third-order valence-electron chi connectivity index (χ3n) is 3.77. The van der Waals surface area contributed by atoms with E-state index in [0.717, 1.165) is 5.56 Å². The fourth-order valence-corrected chi connectivity index (χ4v) is 4.50. The highest BCUT2D eigenvalue weighted by Gasteiger charge is 2.32. The molecule has 0 bridgehead atoms. The Morgan fingerprint density at radius 3 is 2.50 bits per heavy atom. The Labute approximate surface area is 186 Å². The van der Waals surface area contributed by atoms with Crippen molar-refractivity contribution in [1.82, 2.24) is 4.90 Å². The van der Waals surface area contributed by atoms with Crippen LogP contribution in [0.3, 0.4) is 0 Å². The Kier molecular flexibility index (Phi) is 7.01. The third-order valence-corrected chi connectivity index (χ3v) is 5.93. The van der Waals surface area contributed by atoms with Gasteiger partial charge in [-0.25, -0.2) is 0 Å². The van der Waals surface area contributed by atoms with Crippen LogP contribution in [0, 0.1) is 0 Å². The Morgan fingerprint density at radius 1 is 1.14 bits per heavy atom. The normalized spacial score (nSPS) is 15.4. The maximum absolute atomic E-state index is 12.6. The van der Waals surface area contributed by atoms with Gasteiger partial charge in [-0.15, -0.1) is 0 Å². The van der Waals surface area contributed by atoms with Crippen LogP contribution in [0.25, 0.3) is 6.08 Å². The predicted molar refractivity (Wildman–Crippen MR) is 121 cm³/mol. The van der Waals surface area contributed by atoms with Crippen LogP contribution < -0.4 is 5.32 Å². The molecular weight excluding hydrogens is 459 g/mol. The first-order chi connectivity index (χ1) is 13.3. The van der Waals surface area contributed by atoms with Gasteiger partial charge in [-0.3, -0.25) is 14.5 Å². The van der Waals surface area contributed by atoms with Crippen LogP contribution in [-0.2, 0) is 9.59 Å². The first-order valence-electron chi connectivity index (χ1n) is 8.09. The lowest BCUT2D eigenvalue weighted by Crippen LogP contribution is -2.31. The van der Waals surface area contributed by atoms with Gasteiger partial charge in [-0.2, -0.15) is 0 Å². The zero-order valence-electron chi connectivity index (χ0n) is 14.2. The number of carbonyl (C=O) groups excluding carboxylic acids is 2. The molecule has 0 aliphatic carbocycles. The topological polar surface area (TPSA) is 49.4 Å². The second-order valence-electron chi connectivity index (χ2n) is 5.81. The molecule has 144 valence electrons. The molecule has 2 aromatic rings. The largest absolute Gasteiger partial charge is 0.326 e. The molecule has 1 saturated heterocycles. The summed E-state index contributed by atoms with van der Waals surface area (Å²) in [7, 11) is 0. The Bertz CT molecular complexity index is 975. The van der Waals surface area contributed by atoms with Gasteiger partial charge in [-0.05, 0) is 35.9 Å². The first kappa shape index (κ1) is 21.1. The molecule has 1 heterocycles. The fourth-order valence-electron chi connectivity index (χ4n) is 2.49. The average Bonchev–Trinajstić information content (AvgIpc) is 2.87. The van der Waals surface area contributed by atoms with Gasteiger partial charge in [0.05, 0.1) is 4.91 Å². The van der Waals surface area contributed by atoms with Gasteiger partial charge in [-0.1, -0.05) is 77.0 Å². The van der Waals surface area contributed by atoms with E-state index in [-0.39, 0.29) is 24.8 Å². The Morgan fingerprint density at radius 2 is 1.82 bits per heavy atom. The van der Waals surface area contributed by atoms with Crippen molar-refractivity contribution in [1.29, 1.82) is 0 Å². The van der Waals surface area contributed by atoms with Crippen molar-refractivity contribution in [2.75, 3.05) is 11.9 Å². The number of hydrogen-bond acceptors (Lipinski definition) is 4. The summed E-state index contributed by atoms with van der Waals surface area (Å²) in [4.78, 5) is 26.7. The highest BCUT2D eigenvalue weighted by molar-refractivity contribution is 8.26. The molecular formula is C19H13Cl3N2O2S2. The van der Waals surface area contributed by atoms with Crippen molar-refractivity contribution in [3.8, 4) is 0 Å². The molecule has 4 nitrogen and oxygen atoms in total. The van der Waals surface area contributed by atoms with E-state index in [9.17, 15) is 9.59 Å². The SMILES string of the molecule is O=C(CCN1C(=O)C(=Cc2ccccc2Cl)SC1=S)Nc1cc(Cl)cc(Cl)c1. The number of thioether (sulfide) groups is 1. The molecule has 3 rings (SSSR count). The summed E-state index contributed by atoms with van der Waals surface area (Å²) in [5.74, 6) is -0.518. The molecule has 0 saturated carbocycles. The summed E-state index contributed by atoms with van der Waals surface area (Å²) >= 11 is 24.5. The molecule has 1 N–H and O–H groups in total.